The molecule has 1 N–H and O–H groups in total. The van der Waals surface area contributed by atoms with Gasteiger partial charge < -0.3 is 14.7 Å². The van der Waals surface area contributed by atoms with Crippen LogP contribution in [0.15, 0.2) is 24.3 Å². The lowest BCUT2D eigenvalue weighted by Gasteiger charge is -2.45. The molecule has 0 spiro atoms. The van der Waals surface area contributed by atoms with Gasteiger partial charge in [0.25, 0.3) is 0 Å². The molecule has 2 aliphatic heterocycles. The van der Waals surface area contributed by atoms with E-state index in [9.17, 15) is 9.90 Å². The summed E-state index contributed by atoms with van der Waals surface area (Å²) in [4.78, 5) is 15.8. The summed E-state index contributed by atoms with van der Waals surface area (Å²) in [7, 11) is 0. The Morgan fingerprint density at radius 3 is 2.56 bits per heavy atom. The van der Waals surface area contributed by atoms with Crippen molar-refractivity contribution >= 4 is 5.91 Å². The Labute approximate surface area is 150 Å². The van der Waals surface area contributed by atoms with Crippen molar-refractivity contribution in [3.05, 3.63) is 29.8 Å². The first kappa shape index (κ1) is 18.2. The predicted molar refractivity (Wildman–Crippen MR) is 97.7 cm³/mol. The number of aryl methyl sites for hydroxylation is 1. The number of aliphatic hydroxyl groups is 1. The topological polar surface area (TPSA) is 53.0 Å². The molecule has 5 heteroatoms. The van der Waals surface area contributed by atoms with E-state index >= 15 is 0 Å². The van der Waals surface area contributed by atoms with E-state index in [1.165, 1.54) is 5.56 Å². The van der Waals surface area contributed by atoms with Crippen LogP contribution in [0.2, 0.25) is 0 Å². The molecule has 1 aromatic rings. The standard InChI is InChI=1S/C20H30N2O3/c1-16-4-6-19(7-5-16)25-15-20(24)10-3-11-22(14-20)18-8-12-21(13-9-18)17(2)23/h4-7,18,24H,3,8-15H2,1-2H3. The number of likely N-dealkylation sites (tertiary alicyclic amines) is 2. The Bertz CT molecular complexity index is 581. The van der Waals surface area contributed by atoms with Crippen molar-refractivity contribution in [2.75, 3.05) is 32.8 Å². The molecular formula is C20H30N2O3. The largest absolute Gasteiger partial charge is 0.491 e. The van der Waals surface area contributed by atoms with Crippen LogP contribution in [-0.2, 0) is 4.79 Å². The minimum atomic E-state index is -0.791. The van der Waals surface area contributed by atoms with Crippen LogP contribution < -0.4 is 4.74 Å². The molecule has 0 aliphatic carbocycles. The maximum Gasteiger partial charge on any atom is 0.219 e. The summed E-state index contributed by atoms with van der Waals surface area (Å²) in [5.41, 5.74) is 0.410. The van der Waals surface area contributed by atoms with Crippen molar-refractivity contribution < 1.29 is 14.6 Å². The molecule has 2 fully saturated rings. The van der Waals surface area contributed by atoms with Crippen LogP contribution in [0.1, 0.15) is 38.2 Å². The van der Waals surface area contributed by atoms with Crippen molar-refractivity contribution in [1.82, 2.24) is 9.80 Å². The number of carbonyl (C=O) groups is 1. The first-order valence-corrected chi connectivity index (χ1v) is 9.37. The van der Waals surface area contributed by atoms with E-state index < -0.39 is 5.60 Å². The van der Waals surface area contributed by atoms with Crippen LogP contribution in [0.25, 0.3) is 0 Å². The number of carbonyl (C=O) groups excluding carboxylic acids is 1. The van der Waals surface area contributed by atoms with Crippen molar-refractivity contribution in [2.45, 2.75) is 51.2 Å². The summed E-state index contributed by atoms with van der Waals surface area (Å²) in [5.74, 6) is 0.978. The van der Waals surface area contributed by atoms with Crippen LogP contribution in [0.5, 0.6) is 5.75 Å². The van der Waals surface area contributed by atoms with Gasteiger partial charge in [-0.25, -0.2) is 0 Å². The van der Waals surface area contributed by atoms with Crippen LogP contribution in [0.3, 0.4) is 0 Å². The Kier molecular flexibility index (Phi) is 5.64. The van der Waals surface area contributed by atoms with Crippen molar-refractivity contribution in [3.8, 4) is 5.75 Å². The number of β-amino-alcohol motifs (C(OH)–C–C–N with tert-alkyl or cyclic N) is 1. The molecule has 138 valence electrons. The van der Waals surface area contributed by atoms with Gasteiger partial charge in [0.05, 0.1) is 0 Å². The molecule has 25 heavy (non-hydrogen) atoms. The minimum absolute atomic E-state index is 0.167. The molecule has 2 saturated heterocycles. The molecule has 0 bridgehead atoms. The highest BCUT2D eigenvalue weighted by Gasteiger charge is 2.37. The SMILES string of the molecule is CC(=O)N1CCC(N2CCCC(O)(COc3ccc(C)cc3)C2)CC1. The van der Waals surface area contributed by atoms with Crippen molar-refractivity contribution in [2.24, 2.45) is 0 Å². The number of nitrogens with zero attached hydrogens (tertiary/aromatic N) is 2. The summed E-state index contributed by atoms with van der Waals surface area (Å²) < 4.78 is 5.86. The highest BCUT2D eigenvalue weighted by atomic mass is 16.5. The Morgan fingerprint density at radius 2 is 1.92 bits per heavy atom. The van der Waals surface area contributed by atoms with Crippen molar-refractivity contribution in [1.29, 1.82) is 0 Å². The van der Waals surface area contributed by atoms with Gasteiger partial charge in [0, 0.05) is 32.6 Å². The van der Waals surface area contributed by atoms with Gasteiger partial charge in [0.2, 0.25) is 5.91 Å². The molecule has 0 saturated carbocycles. The van der Waals surface area contributed by atoms with Gasteiger partial charge in [-0.1, -0.05) is 17.7 Å². The van der Waals surface area contributed by atoms with Gasteiger partial charge in [-0.05, 0) is 51.3 Å². The number of benzene rings is 1. The van der Waals surface area contributed by atoms with Crippen LogP contribution in [0, 0.1) is 6.92 Å². The first-order chi connectivity index (χ1) is 12.0. The van der Waals surface area contributed by atoms with Gasteiger partial charge in [-0.15, -0.1) is 0 Å². The van der Waals surface area contributed by atoms with Crippen molar-refractivity contribution in [3.63, 3.8) is 0 Å². The highest BCUT2D eigenvalue weighted by Crippen LogP contribution is 2.27. The van der Waals surface area contributed by atoms with Gasteiger partial charge >= 0.3 is 0 Å². The smallest absolute Gasteiger partial charge is 0.219 e. The summed E-state index contributed by atoms with van der Waals surface area (Å²) in [6.07, 6.45) is 3.76. The molecule has 3 rings (SSSR count). The number of rotatable bonds is 4. The van der Waals surface area contributed by atoms with Gasteiger partial charge in [0.15, 0.2) is 0 Å². The van der Waals surface area contributed by atoms with Gasteiger partial charge in [0.1, 0.15) is 18.0 Å². The Balaban J connectivity index is 1.53. The first-order valence-electron chi connectivity index (χ1n) is 9.37. The second kappa shape index (κ2) is 7.75. The van der Waals surface area contributed by atoms with Crippen LogP contribution >= 0.6 is 0 Å². The molecule has 1 unspecified atom stereocenters. The lowest BCUT2D eigenvalue weighted by molar-refractivity contribution is -0.131. The number of piperidine rings is 2. The molecule has 2 aliphatic rings. The van der Waals surface area contributed by atoms with Gasteiger partial charge in [-0.2, -0.15) is 0 Å². The molecule has 5 nitrogen and oxygen atoms in total. The third kappa shape index (κ3) is 4.73. The van der Waals surface area contributed by atoms with E-state index in [4.69, 9.17) is 4.74 Å². The highest BCUT2D eigenvalue weighted by molar-refractivity contribution is 5.73. The lowest BCUT2D eigenvalue weighted by Crippen LogP contribution is -2.56. The summed E-state index contributed by atoms with van der Waals surface area (Å²) in [6.45, 7) is 7.36. The monoisotopic (exact) mass is 346 g/mol. The van der Waals surface area contributed by atoms with E-state index in [0.717, 1.165) is 51.1 Å². The average Bonchev–Trinajstić information content (AvgIpc) is 2.61. The number of hydrogen-bond acceptors (Lipinski definition) is 4. The lowest BCUT2D eigenvalue weighted by atomic mass is 9.90. The zero-order chi connectivity index (χ0) is 17.9. The summed E-state index contributed by atoms with van der Waals surface area (Å²) in [6, 6.07) is 8.42. The van der Waals surface area contributed by atoms with E-state index in [2.05, 4.69) is 4.90 Å². The van der Waals surface area contributed by atoms with E-state index in [0.29, 0.717) is 19.2 Å². The molecule has 0 radical (unpaired) electrons. The normalized spacial score (nSPS) is 25.8. The second-order valence-electron chi connectivity index (χ2n) is 7.64. The fraction of sp³-hybridized carbons (Fsp3) is 0.650. The molecule has 2 heterocycles. The molecule has 1 aromatic carbocycles. The van der Waals surface area contributed by atoms with E-state index in [1.54, 1.807) is 6.92 Å². The quantitative estimate of drug-likeness (QED) is 0.908. The fourth-order valence-electron chi connectivity index (χ4n) is 3.97. The maximum absolute atomic E-state index is 11.5. The number of ether oxygens (including phenoxy) is 1. The Hall–Kier alpha value is -1.59. The number of amides is 1. The molecule has 0 aromatic heterocycles. The van der Waals surface area contributed by atoms with Crippen LogP contribution in [0.4, 0.5) is 0 Å². The summed E-state index contributed by atoms with van der Waals surface area (Å²) in [5, 5.41) is 11.0. The third-order valence-corrected chi connectivity index (χ3v) is 5.54. The molecule has 1 amide bonds. The summed E-state index contributed by atoms with van der Waals surface area (Å²) >= 11 is 0. The van der Waals surface area contributed by atoms with E-state index in [-0.39, 0.29) is 5.91 Å². The fourth-order valence-corrected chi connectivity index (χ4v) is 3.97. The van der Waals surface area contributed by atoms with Crippen LogP contribution in [-0.4, -0.2) is 65.2 Å². The third-order valence-electron chi connectivity index (χ3n) is 5.54. The molecular weight excluding hydrogens is 316 g/mol. The zero-order valence-electron chi connectivity index (χ0n) is 15.4. The predicted octanol–water partition coefficient (Wildman–Crippen LogP) is 2.21. The molecule has 1 atom stereocenters. The zero-order valence-corrected chi connectivity index (χ0v) is 15.4. The average molecular weight is 346 g/mol. The van der Waals surface area contributed by atoms with Gasteiger partial charge in [-0.3, -0.25) is 9.69 Å². The van der Waals surface area contributed by atoms with E-state index in [1.807, 2.05) is 36.1 Å². The Morgan fingerprint density at radius 1 is 1.24 bits per heavy atom. The number of hydrogen-bond donors (Lipinski definition) is 1. The minimum Gasteiger partial charge on any atom is -0.491 e. The maximum atomic E-state index is 11.5. The second-order valence-corrected chi connectivity index (χ2v) is 7.64.